The molecule has 0 amide bonds. The van der Waals surface area contributed by atoms with Gasteiger partial charge in [-0.25, -0.2) is 0 Å². The van der Waals surface area contributed by atoms with Crippen molar-refractivity contribution >= 4 is 29.3 Å². The van der Waals surface area contributed by atoms with Gasteiger partial charge in [0.2, 0.25) is 5.95 Å². The number of nitrogens with zero attached hydrogens (tertiary/aromatic N) is 2. The van der Waals surface area contributed by atoms with Crippen molar-refractivity contribution in [3.05, 3.63) is 6.07 Å². The number of nitrogens with two attached hydrogens (primary N) is 2. The molecule has 1 aliphatic rings. The summed E-state index contributed by atoms with van der Waals surface area (Å²) in [7, 11) is 0. The number of aromatic nitrogens is 2. The highest BCUT2D eigenvalue weighted by Crippen LogP contribution is 2.30. The molecule has 0 aliphatic heterocycles. The first-order valence-electron chi connectivity index (χ1n) is 5.38. The molecule has 6 heteroatoms. The lowest BCUT2D eigenvalue weighted by Crippen LogP contribution is -2.26. The van der Waals surface area contributed by atoms with Crippen LogP contribution in [-0.4, -0.2) is 27.5 Å². The molecule has 1 saturated carbocycles. The van der Waals surface area contributed by atoms with Crippen molar-refractivity contribution in [1.29, 1.82) is 0 Å². The first kappa shape index (κ1) is 11.3. The van der Waals surface area contributed by atoms with E-state index in [0.29, 0.717) is 17.1 Å². The number of nitrogens with one attached hydrogen (secondary N) is 1. The predicted octanol–water partition coefficient (Wildman–Crippen LogP) is 1.34. The number of hydrogen-bond acceptors (Lipinski definition) is 6. The molecule has 5 N–H and O–H groups in total. The van der Waals surface area contributed by atoms with Crippen LogP contribution in [0.5, 0.6) is 0 Å². The fourth-order valence-corrected chi connectivity index (χ4v) is 3.06. The van der Waals surface area contributed by atoms with Crippen LogP contribution in [0.1, 0.15) is 19.3 Å². The Morgan fingerprint density at radius 1 is 1.38 bits per heavy atom. The molecule has 0 spiro atoms. The number of hydrogen-bond donors (Lipinski definition) is 3. The third kappa shape index (κ3) is 2.49. The standard InChI is InChI=1S/C10H17N5S/c1-16-7-4-2-3-6(7)13-9-5-8(11)14-10(12)15-9/h5-7H,2-4H2,1H3,(H5,11,12,13,14,15). The monoisotopic (exact) mass is 239 g/mol. The Bertz CT molecular complexity index is 350. The predicted molar refractivity (Wildman–Crippen MR) is 69.4 cm³/mol. The third-order valence-electron chi connectivity index (χ3n) is 2.85. The second-order valence-electron chi connectivity index (χ2n) is 3.99. The molecule has 88 valence electrons. The normalized spacial score (nSPS) is 24.6. The maximum atomic E-state index is 5.62. The van der Waals surface area contributed by atoms with Gasteiger partial charge in [0.05, 0.1) is 0 Å². The topological polar surface area (TPSA) is 89.8 Å². The average Bonchev–Trinajstić information content (AvgIpc) is 2.63. The largest absolute Gasteiger partial charge is 0.383 e. The summed E-state index contributed by atoms with van der Waals surface area (Å²) in [5, 5.41) is 4.04. The Morgan fingerprint density at radius 2 is 2.19 bits per heavy atom. The van der Waals surface area contributed by atoms with E-state index in [1.54, 1.807) is 6.07 Å². The maximum Gasteiger partial charge on any atom is 0.223 e. The van der Waals surface area contributed by atoms with Crippen LogP contribution >= 0.6 is 11.8 Å². The zero-order chi connectivity index (χ0) is 11.5. The number of rotatable bonds is 3. The Hall–Kier alpha value is -1.17. The van der Waals surface area contributed by atoms with Crippen molar-refractivity contribution in [3.63, 3.8) is 0 Å². The molecular weight excluding hydrogens is 222 g/mol. The average molecular weight is 239 g/mol. The molecule has 1 heterocycles. The van der Waals surface area contributed by atoms with E-state index >= 15 is 0 Å². The zero-order valence-corrected chi connectivity index (χ0v) is 10.1. The van der Waals surface area contributed by atoms with Gasteiger partial charge in [0.15, 0.2) is 0 Å². The van der Waals surface area contributed by atoms with Crippen molar-refractivity contribution in [2.75, 3.05) is 23.0 Å². The lowest BCUT2D eigenvalue weighted by Gasteiger charge is -2.19. The third-order valence-corrected chi connectivity index (χ3v) is 4.02. The van der Waals surface area contributed by atoms with Crippen LogP contribution in [-0.2, 0) is 0 Å². The SMILES string of the molecule is CSC1CCCC1Nc1cc(N)nc(N)n1. The van der Waals surface area contributed by atoms with Crippen LogP contribution < -0.4 is 16.8 Å². The minimum absolute atomic E-state index is 0.223. The Morgan fingerprint density at radius 3 is 2.88 bits per heavy atom. The summed E-state index contributed by atoms with van der Waals surface area (Å²) in [6.07, 6.45) is 5.84. The van der Waals surface area contributed by atoms with Crippen molar-refractivity contribution in [1.82, 2.24) is 9.97 Å². The molecule has 1 aliphatic carbocycles. The van der Waals surface area contributed by atoms with Crippen LogP contribution in [0.25, 0.3) is 0 Å². The van der Waals surface area contributed by atoms with Crippen molar-refractivity contribution in [2.45, 2.75) is 30.6 Å². The first-order chi connectivity index (χ1) is 7.69. The summed E-state index contributed by atoms with van der Waals surface area (Å²) < 4.78 is 0. The van der Waals surface area contributed by atoms with Gasteiger partial charge in [-0.2, -0.15) is 21.7 Å². The van der Waals surface area contributed by atoms with E-state index in [0.717, 1.165) is 5.82 Å². The quantitative estimate of drug-likeness (QED) is 0.737. The van der Waals surface area contributed by atoms with E-state index in [1.165, 1.54) is 19.3 Å². The van der Waals surface area contributed by atoms with Gasteiger partial charge in [0.1, 0.15) is 11.6 Å². The highest BCUT2D eigenvalue weighted by Gasteiger charge is 2.26. The van der Waals surface area contributed by atoms with Crippen LogP contribution in [0.2, 0.25) is 0 Å². The van der Waals surface area contributed by atoms with E-state index in [1.807, 2.05) is 11.8 Å². The zero-order valence-electron chi connectivity index (χ0n) is 9.31. The lowest BCUT2D eigenvalue weighted by molar-refractivity contribution is 0.763. The van der Waals surface area contributed by atoms with Crippen LogP contribution in [0.3, 0.4) is 0 Å². The smallest absolute Gasteiger partial charge is 0.223 e. The van der Waals surface area contributed by atoms with Gasteiger partial charge in [0.25, 0.3) is 0 Å². The molecule has 1 aromatic heterocycles. The molecule has 0 bridgehead atoms. The van der Waals surface area contributed by atoms with E-state index in [-0.39, 0.29) is 5.95 Å². The summed E-state index contributed by atoms with van der Waals surface area (Å²) >= 11 is 1.90. The van der Waals surface area contributed by atoms with Crippen LogP contribution in [0, 0.1) is 0 Å². The fraction of sp³-hybridized carbons (Fsp3) is 0.600. The summed E-state index contributed by atoms with van der Waals surface area (Å²) in [6, 6.07) is 2.19. The molecule has 5 nitrogen and oxygen atoms in total. The molecule has 1 aromatic rings. The second kappa shape index (κ2) is 4.78. The van der Waals surface area contributed by atoms with E-state index < -0.39 is 0 Å². The summed E-state index contributed by atoms with van der Waals surface area (Å²) in [4.78, 5) is 7.98. The van der Waals surface area contributed by atoms with Gasteiger partial charge in [-0.1, -0.05) is 6.42 Å². The molecule has 0 saturated heterocycles. The molecule has 0 radical (unpaired) electrons. The molecule has 2 rings (SSSR count). The van der Waals surface area contributed by atoms with Gasteiger partial charge in [-0.05, 0) is 19.1 Å². The van der Waals surface area contributed by atoms with Gasteiger partial charge >= 0.3 is 0 Å². The Labute approximate surface area is 99.4 Å². The highest BCUT2D eigenvalue weighted by atomic mass is 32.2. The highest BCUT2D eigenvalue weighted by molar-refractivity contribution is 7.99. The minimum Gasteiger partial charge on any atom is -0.383 e. The summed E-state index contributed by atoms with van der Waals surface area (Å²) in [6.45, 7) is 0. The second-order valence-corrected chi connectivity index (χ2v) is 5.07. The summed E-state index contributed by atoms with van der Waals surface area (Å²) in [5.74, 6) is 1.37. The van der Waals surface area contributed by atoms with Crippen molar-refractivity contribution < 1.29 is 0 Å². The number of anilines is 3. The fourth-order valence-electron chi connectivity index (χ4n) is 2.12. The molecule has 0 aromatic carbocycles. The maximum absolute atomic E-state index is 5.62. The van der Waals surface area contributed by atoms with Gasteiger partial charge in [-0.3, -0.25) is 0 Å². The minimum atomic E-state index is 0.223. The van der Waals surface area contributed by atoms with Gasteiger partial charge in [0, 0.05) is 17.4 Å². The van der Waals surface area contributed by atoms with E-state index in [9.17, 15) is 0 Å². The van der Waals surface area contributed by atoms with Crippen LogP contribution in [0.4, 0.5) is 17.6 Å². The van der Waals surface area contributed by atoms with E-state index in [2.05, 4.69) is 21.5 Å². The number of nitrogen functional groups attached to an aromatic ring is 2. The Kier molecular flexibility index (Phi) is 3.38. The Balaban J connectivity index is 2.08. The molecule has 1 fully saturated rings. The molecular formula is C10H17N5S. The van der Waals surface area contributed by atoms with Gasteiger partial charge < -0.3 is 16.8 Å². The number of thioether (sulfide) groups is 1. The van der Waals surface area contributed by atoms with Crippen LogP contribution in [0.15, 0.2) is 6.07 Å². The van der Waals surface area contributed by atoms with E-state index in [4.69, 9.17) is 11.5 Å². The first-order valence-corrected chi connectivity index (χ1v) is 6.67. The van der Waals surface area contributed by atoms with Crippen molar-refractivity contribution in [2.24, 2.45) is 0 Å². The molecule has 2 atom stereocenters. The molecule has 2 unspecified atom stereocenters. The lowest BCUT2D eigenvalue weighted by atomic mass is 10.2. The van der Waals surface area contributed by atoms with Gasteiger partial charge in [-0.15, -0.1) is 0 Å². The van der Waals surface area contributed by atoms with Crippen molar-refractivity contribution in [3.8, 4) is 0 Å². The summed E-state index contributed by atoms with van der Waals surface area (Å²) in [5.41, 5.74) is 11.2. The molecule has 16 heavy (non-hydrogen) atoms.